The molecule has 0 fully saturated rings. The fourth-order valence-corrected chi connectivity index (χ4v) is 9.50. The molecule has 0 heterocycles. The quantitative estimate of drug-likeness (QED) is 0.152. The Labute approximate surface area is 331 Å². The summed E-state index contributed by atoms with van der Waals surface area (Å²) >= 11 is 8.15. The molecule has 10 aromatic rings. The summed E-state index contributed by atoms with van der Waals surface area (Å²) in [4.78, 5) is 0. The van der Waals surface area contributed by atoms with Crippen LogP contribution in [0.25, 0.3) is 98.7 Å². The van der Waals surface area contributed by atoms with Crippen LogP contribution in [0.4, 0.5) is 0 Å². The molecule has 0 aromatic heterocycles. The van der Waals surface area contributed by atoms with Crippen molar-refractivity contribution >= 4 is 74.9 Å². The molecule has 0 aliphatic rings. The lowest BCUT2D eigenvalue weighted by atomic mass is 9.84. The lowest BCUT2D eigenvalue weighted by molar-refractivity contribution is 1.60. The number of rotatable bonds is 5. The lowest BCUT2D eigenvalue weighted by Gasteiger charge is -2.20. The molecule has 0 bridgehead atoms. The minimum atomic E-state index is 1.12. The maximum atomic E-state index is 4.07. The van der Waals surface area contributed by atoms with Crippen molar-refractivity contribution in [1.82, 2.24) is 0 Å². The van der Waals surface area contributed by atoms with Gasteiger partial charge < -0.3 is 0 Å². The summed E-state index contributed by atoms with van der Waals surface area (Å²) in [5.41, 5.74) is 12.1. The van der Waals surface area contributed by atoms with E-state index in [-0.39, 0.29) is 0 Å². The van der Waals surface area contributed by atoms with Gasteiger partial charge in [-0.1, -0.05) is 182 Å². The summed E-state index contributed by atoms with van der Waals surface area (Å²) in [6, 6.07) is 70.6. The Morgan fingerprint density at radius 1 is 0.204 bits per heavy atom. The molecule has 10 aromatic carbocycles. The molecule has 0 spiro atoms. The Kier molecular flexibility index (Phi) is 8.24. The number of hydrogen-bond donors (Lipinski definition) is 0. The summed E-state index contributed by atoms with van der Waals surface area (Å²) < 4.78 is 2.24. The van der Waals surface area contributed by atoms with Gasteiger partial charge in [-0.15, -0.1) is 0 Å². The van der Waals surface area contributed by atoms with Gasteiger partial charge in [0, 0.05) is 8.95 Å². The maximum Gasteiger partial charge on any atom is 0.0332 e. The van der Waals surface area contributed by atoms with Gasteiger partial charge in [0.05, 0.1) is 0 Å². The molecule has 0 radical (unpaired) electrons. The molecule has 0 saturated carbocycles. The van der Waals surface area contributed by atoms with E-state index in [0.717, 1.165) is 8.95 Å². The van der Waals surface area contributed by atoms with Crippen LogP contribution < -0.4 is 0 Å². The number of fused-ring (bicyclic) bond motifs is 4. The highest BCUT2D eigenvalue weighted by atomic mass is 79.9. The number of hydrogen-bond acceptors (Lipinski definition) is 0. The molecule has 10 rings (SSSR count). The van der Waals surface area contributed by atoms with Gasteiger partial charge in [0.2, 0.25) is 0 Å². The van der Waals surface area contributed by atoms with Crippen molar-refractivity contribution < 1.29 is 0 Å². The van der Waals surface area contributed by atoms with Crippen LogP contribution in [0.2, 0.25) is 0 Å². The highest BCUT2D eigenvalue weighted by molar-refractivity contribution is 9.11. The number of halogens is 2. The van der Waals surface area contributed by atoms with Gasteiger partial charge >= 0.3 is 0 Å². The first-order valence-corrected chi connectivity index (χ1v) is 19.8. The van der Waals surface area contributed by atoms with Gasteiger partial charge in [0.25, 0.3) is 0 Å². The average molecular weight is 817 g/mol. The molecule has 0 nitrogen and oxygen atoms in total. The van der Waals surface area contributed by atoms with Crippen LogP contribution >= 0.6 is 31.9 Å². The zero-order chi connectivity index (χ0) is 36.2. The molecule has 0 saturated heterocycles. The monoisotopic (exact) mass is 814 g/mol. The van der Waals surface area contributed by atoms with Gasteiger partial charge in [0.1, 0.15) is 0 Å². The summed E-state index contributed by atoms with van der Waals surface area (Å²) in [5, 5.41) is 9.68. The molecule has 2 heteroatoms. The van der Waals surface area contributed by atoms with E-state index in [2.05, 4.69) is 226 Å². The Balaban J connectivity index is 1.24. The van der Waals surface area contributed by atoms with Crippen molar-refractivity contribution in [2.75, 3.05) is 0 Å². The fourth-order valence-electron chi connectivity index (χ4n) is 8.12. The van der Waals surface area contributed by atoms with Gasteiger partial charge in [-0.25, -0.2) is 0 Å². The van der Waals surface area contributed by atoms with E-state index < -0.39 is 0 Å². The van der Waals surface area contributed by atoms with E-state index in [0.29, 0.717) is 0 Å². The zero-order valence-electron chi connectivity index (χ0n) is 29.2. The molecule has 0 aliphatic heterocycles. The van der Waals surface area contributed by atoms with Crippen LogP contribution in [-0.2, 0) is 0 Å². The molecule has 0 aliphatic carbocycles. The largest absolute Gasteiger partial charge is 0.0622 e. The van der Waals surface area contributed by atoms with Crippen LogP contribution in [-0.4, -0.2) is 0 Å². The number of benzene rings is 10. The SMILES string of the molecule is Brc1c2ccccc2c(-c2c3ccccc3c(Br)c3ccc(-c4ccc(-c5ccccc5)cc4)cc23)c2cc(-c3ccc(-c4ccccc4)cc3)ccc12. The first kappa shape index (κ1) is 32.8. The summed E-state index contributed by atoms with van der Waals surface area (Å²) in [6.07, 6.45) is 0. The molecule has 0 amide bonds. The normalized spacial score (nSPS) is 11.5. The molecule has 254 valence electrons. The van der Waals surface area contributed by atoms with Crippen LogP contribution in [0, 0.1) is 0 Å². The van der Waals surface area contributed by atoms with E-state index >= 15 is 0 Å². The molecule has 0 atom stereocenters. The second-order valence-electron chi connectivity index (χ2n) is 13.9. The van der Waals surface area contributed by atoms with Crippen LogP contribution in [0.5, 0.6) is 0 Å². The Morgan fingerprint density at radius 3 is 0.833 bits per heavy atom. The van der Waals surface area contributed by atoms with Crippen molar-refractivity contribution in [3.8, 4) is 55.6 Å². The van der Waals surface area contributed by atoms with Crippen molar-refractivity contribution in [1.29, 1.82) is 0 Å². The summed E-state index contributed by atoms with van der Waals surface area (Å²) in [7, 11) is 0. The third-order valence-electron chi connectivity index (χ3n) is 10.8. The van der Waals surface area contributed by atoms with Crippen molar-refractivity contribution in [3.05, 3.63) is 203 Å². The molecular formula is C52H32Br2. The van der Waals surface area contributed by atoms with Crippen LogP contribution in [0.1, 0.15) is 0 Å². The predicted molar refractivity (Wildman–Crippen MR) is 239 cm³/mol. The Morgan fingerprint density at radius 2 is 0.463 bits per heavy atom. The van der Waals surface area contributed by atoms with Crippen LogP contribution in [0.15, 0.2) is 203 Å². The summed E-state index contributed by atoms with van der Waals surface area (Å²) in [6.45, 7) is 0. The van der Waals surface area contributed by atoms with E-state index in [1.165, 1.54) is 98.7 Å². The fraction of sp³-hybridized carbons (Fsp3) is 0. The minimum absolute atomic E-state index is 1.12. The van der Waals surface area contributed by atoms with E-state index in [9.17, 15) is 0 Å². The second-order valence-corrected chi connectivity index (χ2v) is 15.5. The van der Waals surface area contributed by atoms with E-state index in [1.807, 2.05) is 0 Å². The Bertz CT molecular complexity index is 2810. The summed E-state index contributed by atoms with van der Waals surface area (Å²) in [5.74, 6) is 0. The first-order valence-electron chi connectivity index (χ1n) is 18.2. The van der Waals surface area contributed by atoms with Crippen molar-refractivity contribution in [2.45, 2.75) is 0 Å². The first-order chi connectivity index (χ1) is 26.6. The maximum absolute atomic E-state index is 4.07. The standard InChI is InChI=1S/C52H32Br2/c53-51-43-17-9-7-15-41(43)49(47-31-39(27-29-45(47)51)37-23-19-35(20-24-37)33-11-3-1-4-12-33)50-42-16-8-10-18-44(42)52(54)46-30-28-40(32-48(46)50)38-25-21-36(22-26-38)34-13-5-2-6-14-34/h1-32H. The topological polar surface area (TPSA) is 0 Å². The molecular weight excluding hydrogens is 784 g/mol. The van der Waals surface area contributed by atoms with Gasteiger partial charge in [-0.2, -0.15) is 0 Å². The highest BCUT2D eigenvalue weighted by Gasteiger charge is 2.21. The highest BCUT2D eigenvalue weighted by Crippen LogP contribution is 2.49. The van der Waals surface area contributed by atoms with E-state index in [4.69, 9.17) is 0 Å². The smallest absolute Gasteiger partial charge is 0.0332 e. The molecule has 54 heavy (non-hydrogen) atoms. The average Bonchev–Trinajstić information content (AvgIpc) is 3.25. The third kappa shape index (κ3) is 5.57. The Hall–Kier alpha value is -5.80. The molecule has 0 N–H and O–H groups in total. The zero-order valence-corrected chi connectivity index (χ0v) is 32.4. The third-order valence-corrected chi connectivity index (χ3v) is 12.5. The molecule has 0 unspecified atom stereocenters. The lowest BCUT2D eigenvalue weighted by Crippen LogP contribution is -1.93. The predicted octanol–water partition coefficient (Wildman–Crippen LogP) is 16.2. The van der Waals surface area contributed by atoms with Crippen molar-refractivity contribution in [3.63, 3.8) is 0 Å². The van der Waals surface area contributed by atoms with Gasteiger partial charge in [-0.05, 0) is 143 Å². The second kappa shape index (κ2) is 13.6. The van der Waals surface area contributed by atoms with Crippen LogP contribution in [0.3, 0.4) is 0 Å². The van der Waals surface area contributed by atoms with Gasteiger partial charge in [-0.3, -0.25) is 0 Å². The van der Waals surface area contributed by atoms with E-state index in [1.54, 1.807) is 0 Å². The van der Waals surface area contributed by atoms with Gasteiger partial charge in [0.15, 0.2) is 0 Å². The minimum Gasteiger partial charge on any atom is -0.0622 e. The van der Waals surface area contributed by atoms with Crippen molar-refractivity contribution in [2.24, 2.45) is 0 Å².